The highest BCUT2D eigenvalue weighted by Gasteiger charge is 2.09. The fourth-order valence-electron chi connectivity index (χ4n) is 2.26. The van der Waals surface area contributed by atoms with E-state index < -0.39 is 0 Å². The van der Waals surface area contributed by atoms with Gasteiger partial charge in [0, 0.05) is 16.4 Å². The minimum atomic E-state index is 0.971. The molecule has 0 spiro atoms. The summed E-state index contributed by atoms with van der Waals surface area (Å²) >= 11 is 3.61. The Morgan fingerprint density at radius 1 is 1.21 bits per heavy atom. The number of nitrogens with one attached hydrogen (secondary N) is 1. The van der Waals surface area contributed by atoms with Gasteiger partial charge in [0.15, 0.2) is 0 Å². The number of aromatic nitrogens is 1. The Balaban J connectivity index is 2.58. The van der Waals surface area contributed by atoms with Crippen molar-refractivity contribution in [2.24, 2.45) is 0 Å². The number of rotatable bonds is 5. The highest BCUT2D eigenvalue weighted by Crippen LogP contribution is 2.29. The van der Waals surface area contributed by atoms with Crippen molar-refractivity contribution in [3.63, 3.8) is 0 Å². The van der Waals surface area contributed by atoms with E-state index in [4.69, 9.17) is 4.98 Å². The van der Waals surface area contributed by atoms with Crippen molar-refractivity contribution in [3.8, 4) is 0 Å². The highest BCUT2D eigenvalue weighted by atomic mass is 79.9. The molecule has 0 amide bonds. The van der Waals surface area contributed by atoms with Gasteiger partial charge in [-0.2, -0.15) is 0 Å². The molecule has 19 heavy (non-hydrogen) atoms. The van der Waals surface area contributed by atoms with Crippen LogP contribution < -0.4 is 5.32 Å². The van der Waals surface area contributed by atoms with Gasteiger partial charge in [-0.1, -0.05) is 26.3 Å². The van der Waals surface area contributed by atoms with Crippen LogP contribution >= 0.6 is 15.9 Å². The van der Waals surface area contributed by atoms with Crippen LogP contribution in [0.25, 0.3) is 10.9 Å². The standard InChI is InChI=1S/C16H21BrN2/c1-4-6-12-10-13-11(3)7-8-14(17)15(13)19-16(12)18-9-5-2/h7-8,10H,4-6,9H2,1-3H3,(H,18,19). The van der Waals surface area contributed by atoms with Crippen molar-refractivity contribution in [2.45, 2.75) is 40.0 Å². The van der Waals surface area contributed by atoms with Crippen molar-refractivity contribution in [1.82, 2.24) is 4.98 Å². The molecule has 0 saturated heterocycles. The first-order chi connectivity index (χ1) is 9.17. The molecule has 1 heterocycles. The Kier molecular flexibility index (Phi) is 4.81. The van der Waals surface area contributed by atoms with Crippen LogP contribution in [-0.4, -0.2) is 11.5 Å². The maximum Gasteiger partial charge on any atom is 0.129 e. The van der Waals surface area contributed by atoms with Gasteiger partial charge in [0.05, 0.1) is 5.52 Å². The number of hydrogen-bond donors (Lipinski definition) is 1. The zero-order valence-corrected chi connectivity index (χ0v) is 13.5. The minimum Gasteiger partial charge on any atom is -0.370 e. The van der Waals surface area contributed by atoms with Crippen molar-refractivity contribution >= 4 is 32.7 Å². The molecular weight excluding hydrogens is 300 g/mol. The Morgan fingerprint density at radius 3 is 2.68 bits per heavy atom. The van der Waals surface area contributed by atoms with Crippen molar-refractivity contribution in [1.29, 1.82) is 0 Å². The maximum absolute atomic E-state index is 4.83. The SMILES string of the molecule is CCCNc1nc2c(Br)ccc(C)c2cc1CCC. The molecule has 1 aromatic carbocycles. The van der Waals surface area contributed by atoms with Crippen LogP contribution in [0.1, 0.15) is 37.8 Å². The average molecular weight is 321 g/mol. The van der Waals surface area contributed by atoms with Gasteiger partial charge in [-0.05, 0) is 59.0 Å². The summed E-state index contributed by atoms with van der Waals surface area (Å²) < 4.78 is 1.07. The zero-order chi connectivity index (χ0) is 13.8. The zero-order valence-electron chi connectivity index (χ0n) is 11.9. The summed E-state index contributed by atoms with van der Waals surface area (Å²) in [6.07, 6.45) is 3.32. The molecule has 1 aromatic heterocycles. The molecule has 3 heteroatoms. The summed E-state index contributed by atoms with van der Waals surface area (Å²) in [5.41, 5.74) is 3.66. The van der Waals surface area contributed by atoms with Gasteiger partial charge in [-0.15, -0.1) is 0 Å². The number of anilines is 1. The van der Waals surface area contributed by atoms with E-state index >= 15 is 0 Å². The van der Waals surface area contributed by atoms with Crippen LogP contribution in [0.3, 0.4) is 0 Å². The van der Waals surface area contributed by atoms with E-state index in [1.807, 2.05) is 0 Å². The summed E-state index contributed by atoms with van der Waals surface area (Å²) in [6, 6.07) is 6.51. The number of fused-ring (bicyclic) bond motifs is 1. The van der Waals surface area contributed by atoms with Crippen LogP contribution in [0, 0.1) is 6.92 Å². The molecule has 0 radical (unpaired) electrons. The summed E-state index contributed by atoms with van der Waals surface area (Å²) in [5.74, 6) is 1.04. The summed E-state index contributed by atoms with van der Waals surface area (Å²) in [5, 5.41) is 4.70. The van der Waals surface area contributed by atoms with Gasteiger partial charge in [-0.25, -0.2) is 4.98 Å². The second kappa shape index (κ2) is 6.38. The first-order valence-electron chi connectivity index (χ1n) is 7.00. The molecule has 2 nitrogen and oxygen atoms in total. The van der Waals surface area contributed by atoms with Gasteiger partial charge in [0.2, 0.25) is 0 Å². The van der Waals surface area contributed by atoms with Crippen molar-refractivity contribution < 1.29 is 0 Å². The summed E-state index contributed by atoms with van der Waals surface area (Å²) in [4.78, 5) is 4.83. The first kappa shape index (κ1) is 14.3. The lowest BCUT2D eigenvalue weighted by atomic mass is 10.0. The molecular formula is C16H21BrN2. The lowest BCUT2D eigenvalue weighted by Crippen LogP contribution is -2.06. The number of nitrogens with zero attached hydrogens (tertiary/aromatic N) is 1. The van der Waals surface area contributed by atoms with Crippen LogP contribution in [0.4, 0.5) is 5.82 Å². The van der Waals surface area contributed by atoms with Gasteiger partial charge in [0.1, 0.15) is 5.82 Å². The Bertz CT molecular complexity index is 578. The molecule has 0 bridgehead atoms. The molecule has 0 saturated carbocycles. The summed E-state index contributed by atoms with van der Waals surface area (Å²) in [6.45, 7) is 7.50. The van der Waals surface area contributed by atoms with Crippen LogP contribution in [0.2, 0.25) is 0 Å². The number of pyridine rings is 1. The minimum absolute atomic E-state index is 0.971. The molecule has 0 fully saturated rings. The van der Waals surface area contributed by atoms with Gasteiger partial charge >= 0.3 is 0 Å². The Labute approximate surface area is 123 Å². The van der Waals surface area contributed by atoms with Crippen LogP contribution in [0.5, 0.6) is 0 Å². The fourth-order valence-corrected chi connectivity index (χ4v) is 2.70. The van der Waals surface area contributed by atoms with E-state index in [1.165, 1.54) is 16.5 Å². The molecule has 2 rings (SSSR count). The normalized spacial score (nSPS) is 10.9. The van der Waals surface area contributed by atoms with Crippen LogP contribution in [0.15, 0.2) is 22.7 Å². The molecule has 2 aromatic rings. The first-order valence-corrected chi connectivity index (χ1v) is 7.79. The predicted molar refractivity (Wildman–Crippen MR) is 87.0 cm³/mol. The van der Waals surface area contributed by atoms with Crippen molar-refractivity contribution in [3.05, 3.63) is 33.8 Å². The second-order valence-corrected chi connectivity index (χ2v) is 5.79. The topological polar surface area (TPSA) is 24.9 Å². The third-order valence-electron chi connectivity index (χ3n) is 3.29. The van der Waals surface area contributed by atoms with Gasteiger partial charge in [-0.3, -0.25) is 0 Å². The molecule has 1 N–H and O–H groups in total. The molecule has 0 aliphatic rings. The second-order valence-electron chi connectivity index (χ2n) is 4.93. The van der Waals surface area contributed by atoms with Gasteiger partial charge in [0.25, 0.3) is 0 Å². The monoisotopic (exact) mass is 320 g/mol. The maximum atomic E-state index is 4.83. The quantitative estimate of drug-likeness (QED) is 0.830. The van der Waals surface area contributed by atoms with E-state index in [0.29, 0.717) is 0 Å². The summed E-state index contributed by atoms with van der Waals surface area (Å²) in [7, 11) is 0. The molecule has 0 aliphatic heterocycles. The molecule has 0 unspecified atom stereocenters. The smallest absolute Gasteiger partial charge is 0.129 e. The third-order valence-corrected chi connectivity index (χ3v) is 3.93. The van der Waals surface area contributed by atoms with Crippen LogP contribution in [-0.2, 0) is 6.42 Å². The lowest BCUT2D eigenvalue weighted by molar-refractivity contribution is 0.906. The molecule has 102 valence electrons. The van der Waals surface area contributed by atoms with E-state index in [9.17, 15) is 0 Å². The van der Waals surface area contributed by atoms with E-state index in [0.717, 1.165) is 41.6 Å². The van der Waals surface area contributed by atoms with Gasteiger partial charge < -0.3 is 5.32 Å². The van der Waals surface area contributed by atoms with Crippen molar-refractivity contribution in [2.75, 3.05) is 11.9 Å². The third kappa shape index (κ3) is 3.08. The fraction of sp³-hybridized carbons (Fsp3) is 0.438. The molecule has 0 aliphatic carbocycles. The largest absolute Gasteiger partial charge is 0.370 e. The highest BCUT2D eigenvalue weighted by molar-refractivity contribution is 9.10. The number of aryl methyl sites for hydroxylation is 2. The Morgan fingerprint density at radius 2 is 2.00 bits per heavy atom. The van der Waals surface area contributed by atoms with E-state index in [2.05, 4.69) is 60.2 Å². The van der Waals surface area contributed by atoms with E-state index in [-0.39, 0.29) is 0 Å². The lowest BCUT2D eigenvalue weighted by Gasteiger charge is -2.13. The molecule has 0 atom stereocenters. The number of benzene rings is 1. The Hall–Kier alpha value is -1.09. The average Bonchev–Trinajstić information content (AvgIpc) is 2.41. The number of halogens is 1. The predicted octanol–water partition coefficient (Wildman–Crippen LogP) is 5.08. The van der Waals surface area contributed by atoms with E-state index in [1.54, 1.807) is 0 Å². The number of hydrogen-bond acceptors (Lipinski definition) is 2.